The van der Waals surface area contributed by atoms with Gasteiger partial charge in [0.2, 0.25) is 0 Å². The summed E-state index contributed by atoms with van der Waals surface area (Å²) in [5, 5.41) is 8.94. The van der Waals surface area contributed by atoms with Gasteiger partial charge in [-0.3, -0.25) is 0 Å². The predicted octanol–water partition coefficient (Wildman–Crippen LogP) is 3.92. The van der Waals surface area contributed by atoms with E-state index in [1.165, 1.54) is 30.3 Å². The first-order valence-corrected chi connectivity index (χ1v) is 5.39. The van der Waals surface area contributed by atoms with E-state index >= 15 is 0 Å². The predicted molar refractivity (Wildman–Crippen MR) is 62.7 cm³/mol. The second-order valence-electron chi connectivity index (χ2n) is 3.89. The van der Waals surface area contributed by atoms with E-state index in [2.05, 4.69) is 0 Å². The fourth-order valence-electron chi connectivity index (χ4n) is 1.81. The van der Waals surface area contributed by atoms with Gasteiger partial charge in [-0.25, -0.2) is 13.2 Å². The van der Waals surface area contributed by atoms with Gasteiger partial charge in [-0.1, -0.05) is 24.3 Å². The number of hydrogen-bond acceptors (Lipinski definition) is 1. The minimum Gasteiger partial charge on any atom is -0.392 e. The third-order valence-corrected chi connectivity index (χ3v) is 2.67. The van der Waals surface area contributed by atoms with Crippen LogP contribution in [-0.2, 0) is 6.61 Å². The van der Waals surface area contributed by atoms with Gasteiger partial charge < -0.3 is 5.11 Å². The molecule has 0 radical (unpaired) electrons. The third kappa shape index (κ3) is 2.54. The Morgan fingerprint density at radius 2 is 1.83 bits per heavy atom. The van der Waals surface area contributed by atoms with Gasteiger partial charge in [0.25, 0.3) is 6.43 Å². The molecule has 0 saturated heterocycles. The minimum absolute atomic E-state index is 0.202. The van der Waals surface area contributed by atoms with E-state index in [0.717, 1.165) is 0 Å². The first-order valence-electron chi connectivity index (χ1n) is 5.39. The lowest BCUT2D eigenvalue weighted by Gasteiger charge is -2.11. The van der Waals surface area contributed by atoms with Gasteiger partial charge in [0.05, 0.1) is 6.61 Å². The van der Waals surface area contributed by atoms with Crippen molar-refractivity contribution in [2.24, 2.45) is 0 Å². The van der Waals surface area contributed by atoms with Crippen molar-refractivity contribution in [2.75, 3.05) is 0 Å². The molecule has 18 heavy (non-hydrogen) atoms. The van der Waals surface area contributed by atoms with Gasteiger partial charge in [-0.15, -0.1) is 0 Å². The van der Waals surface area contributed by atoms with E-state index < -0.39 is 12.2 Å². The van der Waals surface area contributed by atoms with Crippen LogP contribution in [-0.4, -0.2) is 5.11 Å². The molecule has 0 bridgehead atoms. The van der Waals surface area contributed by atoms with E-state index in [0.29, 0.717) is 11.1 Å². The molecule has 0 atom stereocenters. The summed E-state index contributed by atoms with van der Waals surface area (Å²) in [6.45, 7) is -0.302. The summed E-state index contributed by atoms with van der Waals surface area (Å²) in [7, 11) is 0. The molecule has 94 valence electrons. The lowest BCUT2D eigenvalue weighted by atomic mass is 9.98. The van der Waals surface area contributed by atoms with E-state index in [4.69, 9.17) is 5.11 Å². The molecule has 0 unspecified atom stereocenters. The summed E-state index contributed by atoms with van der Waals surface area (Å²) >= 11 is 0. The molecule has 0 heterocycles. The second kappa shape index (κ2) is 5.23. The van der Waals surface area contributed by atoms with Crippen molar-refractivity contribution in [2.45, 2.75) is 13.0 Å². The Kier molecular flexibility index (Phi) is 3.67. The Hall–Kier alpha value is -1.81. The molecule has 2 rings (SSSR count). The highest BCUT2D eigenvalue weighted by Gasteiger charge is 2.15. The standard InChI is InChI=1S/C14H11F3O/c15-11-3-1-2-10(7-11)12-5-4-9(8-18)6-13(12)14(16)17/h1-7,14,18H,8H2. The number of aliphatic hydroxyl groups is 1. The Morgan fingerprint density at radius 1 is 1.06 bits per heavy atom. The average Bonchev–Trinajstić information content (AvgIpc) is 2.38. The maximum Gasteiger partial charge on any atom is 0.264 e. The second-order valence-corrected chi connectivity index (χ2v) is 3.89. The zero-order valence-corrected chi connectivity index (χ0v) is 9.41. The van der Waals surface area contributed by atoms with Crippen LogP contribution in [0.5, 0.6) is 0 Å². The van der Waals surface area contributed by atoms with Crippen molar-refractivity contribution >= 4 is 0 Å². The summed E-state index contributed by atoms with van der Waals surface area (Å²) in [5.41, 5.74) is 0.883. The number of benzene rings is 2. The summed E-state index contributed by atoms with van der Waals surface area (Å²) < 4.78 is 39.0. The molecule has 0 aliphatic heterocycles. The highest BCUT2D eigenvalue weighted by atomic mass is 19.3. The summed E-state index contributed by atoms with van der Waals surface area (Å²) in [5.74, 6) is -0.473. The number of halogens is 3. The van der Waals surface area contributed by atoms with Crippen molar-refractivity contribution in [1.29, 1.82) is 0 Å². The quantitative estimate of drug-likeness (QED) is 0.877. The molecule has 4 heteroatoms. The number of alkyl halides is 2. The molecule has 0 saturated carbocycles. The van der Waals surface area contributed by atoms with Crippen molar-refractivity contribution in [3.8, 4) is 11.1 Å². The lowest BCUT2D eigenvalue weighted by molar-refractivity contribution is 0.151. The van der Waals surface area contributed by atoms with Crippen molar-refractivity contribution in [3.63, 3.8) is 0 Å². The van der Waals surface area contributed by atoms with Crippen molar-refractivity contribution in [3.05, 3.63) is 59.4 Å². The van der Waals surface area contributed by atoms with Crippen LogP contribution in [0.2, 0.25) is 0 Å². The Labute approximate surface area is 103 Å². The monoisotopic (exact) mass is 252 g/mol. The smallest absolute Gasteiger partial charge is 0.264 e. The molecule has 2 aromatic rings. The van der Waals surface area contributed by atoms with Gasteiger partial charge in [0, 0.05) is 5.56 Å². The molecule has 0 amide bonds. The van der Waals surface area contributed by atoms with Crippen LogP contribution < -0.4 is 0 Å². The molecule has 0 fully saturated rings. The maximum absolute atomic E-state index is 13.1. The number of hydrogen-bond donors (Lipinski definition) is 1. The first kappa shape index (κ1) is 12.6. The van der Waals surface area contributed by atoms with Crippen molar-refractivity contribution in [1.82, 2.24) is 0 Å². The number of aliphatic hydroxyl groups excluding tert-OH is 1. The molecular formula is C14H11F3O. The van der Waals surface area contributed by atoms with Crippen LogP contribution in [0.4, 0.5) is 13.2 Å². The molecule has 1 nitrogen and oxygen atoms in total. The van der Waals surface area contributed by atoms with Crippen LogP contribution in [0.1, 0.15) is 17.6 Å². The zero-order valence-electron chi connectivity index (χ0n) is 9.41. The van der Waals surface area contributed by atoms with Gasteiger partial charge in [0.1, 0.15) is 5.82 Å². The molecule has 2 aromatic carbocycles. The SMILES string of the molecule is OCc1ccc(-c2cccc(F)c2)c(C(F)F)c1. The van der Waals surface area contributed by atoms with E-state index in [1.807, 2.05) is 0 Å². The topological polar surface area (TPSA) is 20.2 Å². The van der Waals surface area contributed by atoms with E-state index in [9.17, 15) is 13.2 Å². The number of rotatable bonds is 3. The molecule has 0 aromatic heterocycles. The van der Waals surface area contributed by atoms with Gasteiger partial charge in [-0.05, 0) is 34.9 Å². The van der Waals surface area contributed by atoms with Crippen LogP contribution in [0.25, 0.3) is 11.1 Å². The normalized spacial score (nSPS) is 10.9. The Balaban J connectivity index is 2.56. The van der Waals surface area contributed by atoms with E-state index in [1.54, 1.807) is 12.1 Å². The Morgan fingerprint density at radius 3 is 2.44 bits per heavy atom. The van der Waals surface area contributed by atoms with Crippen LogP contribution >= 0.6 is 0 Å². The van der Waals surface area contributed by atoms with Crippen LogP contribution in [0, 0.1) is 5.82 Å². The molecule has 0 spiro atoms. The first-order chi connectivity index (χ1) is 8.61. The molecule has 0 aliphatic rings. The highest BCUT2D eigenvalue weighted by molar-refractivity contribution is 5.68. The Bertz CT molecular complexity index is 552. The fraction of sp³-hybridized carbons (Fsp3) is 0.143. The lowest BCUT2D eigenvalue weighted by Crippen LogP contribution is -1.94. The molecular weight excluding hydrogens is 241 g/mol. The largest absolute Gasteiger partial charge is 0.392 e. The van der Waals surface area contributed by atoms with Crippen LogP contribution in [0.3, 0.4) is 0 Å². The zero-order chi connectivity index (χ0) is 13.1. The van der Waals surface area contributed by atoms with Gasteiger partial charge in [-0.2, -0.15) is 0 Å². The summed E-state index contributed by atoms with van der Waals surface area (Å²) in [6.07, 6.45) is -2.67. The van der Waals surface area contributed by atoms with Gasteiger partial charge >= 0.3 is 0 Å². The van der Waals surface area contributed by atoms with Gasteiger partial charge in [0.15, 0.2) is 0 Å². The molecule has 1 N–H and O–H groups in total. The highest BCUT2D eigenvalue weighted by Crippen LogP contribution is 2.32. The third-order valence-electron chi connectivity index (χ3n) is 2.67. The van der Waals surface area contributed by atoms with Crippen molar-refractivity contribution < 1.29 is 18.3 Å². The van der Waals surface area contributed by atoms with E-state index in [-0.39, 0.29) is 17.7 Å². The average molecular weight is 252 g/mol. The maximum atomic E-state index is 13.1. The summed E-state index contributed by atoms with van der Waals surface area (Å²) in [4.78, 5) is 0. The van der Waals surface area contributed by atoms with Crippen LogP contribution in [0.15, 0.2) is 42.5 Å². The fourth-order valence-corrected chi connectivity index (χ4v) is 1.81. The summed E-state index contributed by atoms with van der Waals surface area (Å²) in [6, 6.07) is 9.77. The molecule has 0 aliphatic carbocycles. The minimum atomic E-state index is -2.67.